The van der Waals surface area contributed by atoms with E-state index in [0.717, 1.165) is 0 Å². The number of esters is 1. The fraction of sp³-hybridized carbons (Fsp3) is 0.714. The summed E-state index contributed by atoms with van der Waals surface area (Å²) in [7, 11) is 1.26. The summed E-state index contributed by atoms with van der Waals surface area (Å²) in [6, 6.07) is 0. The van der Waals surface area contributed by atoms with E-state index >= 15 is 0 Å². The Kier molecular flexibility index (Phi) is 3.98. The topological polar surface area (TPSA) is 75.7 Å². The Morgan fingerprint density at radius 3 is 2.11 bits per heavy atom. The number of carboxylic acid groups (broad SMARTS) is 1. The van der Waals surface area contributed by atoms with Crippen LogP contribution in [0, 0.1) is 17.3 Å². The van der Waals surface area contributed by atoms with Crippen LogP contribution in [0.1, 0.15) is 34.6 Å². The van der Waals surface area contributed by atoms with Crippen molar-refractivity contribution in [2.24, 2.45) is 17.3 Å². The molecule has 5 nitrogen and oxygen atoms in total. The van der Waals surface area contributed by atoms with Crippen LogP contribution in [-0.4, -0.2) is 24.6 Å². The number of carbonyl (C=O) groups is 2. The third kappa shape index (κ3) is 3.49. The molecule has 2 atom stereocenters. The van der Waals surface area contributed by atoms with Gasteiger partial charge in [0, 0.05) is 11.9 Å². The highest BCUT2D eigenvalue weighted by Gasteiger charge is 2.57. The van der Waals surface area contributed by atoms with Gasteiger partial charge in [-0.3, -0.25) is 0 Å². The van der Waals surface area contributed by atoms with Crippen LogP contribution in [0.3, 0.4) is 0 Å². The number of allylic oxidation sites excluding steroid dienone is 1. The summed E-state index contributed by atoms with van der Waals surface area (Å²) in [6.45, 7) is 9.05. The van der Waals surface area contributed by atoms with Crippen LogP contribution in [-0.2, 0) is 19.1 Å². The maximum absolute atomic E-state index is 11.7. The quantitative estimate of drug-likeness (QED) is 0.430. The smallest absolute Gasteiger partial charge is 0.373 e. The molecule has 1 aliphatic carbocycles. The summed E-state index contributed by atoms with van der Waals surface area (Å²) in [6.07, 6.45) is 1.54. The highest BCUT2D eigenvalue weighted by molar-refractivity contribution is 5.86. The number of hydrogen-bond donors (Lipinski definition) is 0. The molecule has 0 radical (unpaired) electrons. The number of rotatable bonds is 4. The second-order valence-corrected chi connectivity index (χ2v) is 6.38. The highest BCUT2D eigenvalue weighted by atomic mass is 16.6. The van der Waals surface area contributed by atoms with E-state index < -0.39 is 28.9 Å². The lowest BCUT2D eigenvalue weighted by atomic mass is 10.1. The fourth-order valence-electron chi connectivity index (χ4n) is 2.18. The van der Waals surface area contributed by atoms with Crippen LogP contribution >= 0.6 is 0 Å². The van der Waals surface area contributed by atoms with Crippen LogP contribution in [0.2, 0.25) is 0 Å². The monoisotopic (exact) mass is 269 g/mol. The molecule has 1 rings (SSSR count). The van der Waals surface area contributed by atoms with Gasteiger partial charge in [0.2, 0.25) is 5.76 Å². The third-order valence-electron chi connectivity index (χ3n) is 3.30. The highest BCUT2D eigenvalue weighted by Crippen LogP contribution is 2.59. The van der Waals surface area contributed by atoms with Crippen molar-refractivity contribution in [3.05, 3.63) is 11.8 Å². The van der Waals surface area contributed by atoms with Crippen LogP contribution in [0.5, 0.6) is 0 Å². The molecule has 0 spiro atoms. The Morgan fingerprint density at radius 1 is 1.26 bits per heavy atom. The Morgan fingerprint density at radius 2 is 1.79 bits per heavy atom. The molecule has 0 aromatic carbocycles. The molecular weight excluding hydrogens is 248 g/mol. The fourth-order valence-corrected chi connectivity index (χ4v) is 2.18. The van der Waals surface area contributed by atoms with Gasteiger partial charge in [0.05, 0.1) is 7.11 Å². The van der Waals surface area contributed by atoms with E-state index in [1.807, 2.05) is 13.8 Å². The van der Waals surface area contributed by atoms with E-state index in [0.29, 0.717) is 0 Å². The van der Waals surface area contributed by atoms with Gasteiger partial charge in [0.15, 0.2) is 0 Å². The van der Waals surface area contributed by atoms with Gasteiger partial charge >= 0.3 is 5.97 Å². The van der Waals surface area contributed by atoms with Crippen molar-refractivity contribution < 1.29 is 24.2 Å². The number of ether oxygens (including phenoxy) is 2. The molecule has 0 aliphatic heterocycles. The summed E-state index contributed by atoms with van der Waals surface area (Å²) in [5.41, 5.74) is -0.991. The van der Waals surface area contributed by atoms with Gasteiger partial charge in [0.1, 0.15) is 5.60 Å². The zero-order chi connectivity index (χ0) is 15.0. The van der Waals surface area contributed by atoms with Crippen molar-refractivity contribution in [1.29, 1.82) is 0 Å². The zero-order valence-electron chi connectivity index (χ0n) is 12.3. The molecule has 19 heavy (non-hydrogen) atoms. The molecule has 1 saturated carbocycles. The normalized spacial score (nSPS) is 25.7. The predicted octanol–water partition coefficient (Wildman–Crippen LogP) is 0.880. The lowest BCUT2D eigenvalue weighted by Gasteiger charge is -2.22. The van der Waals surface area contributed by atoms with Crippen molar-refractivity contribution >= 4 is 11.9 Å². The van der Waals surface area contributed by atoms with Crippen molar-refractivity contribution in [1.82, 2.24) is 0 Å². The first-order valence-corrected chi connectivity index (χ1v) is 6.20. The zero-order valence-corrected chi connectivity index (χ0v) is 12.3. The van der Waals surface area contributed by atoms with Gasteiger partial charge < -0.3 is 19.4 Å². The molecule has 0 amide bonds. The van der Waals surface area contributed by atoms with Crippen molar-refractivity contribution in [3.63, 3.8) is 0 Å². The van der Waals surface area contributed by atoms with E-state index in [1.165, 1.54) is 13.2 Å². The Hall–Kier alpha value is -1.52. The number of carboxylic acids is 1. The predicted molar refractivity (Wildman–Crippen MR) is 66.7 cm³/mol. The number of aliphatic carboxylic acids is 1. The minimum Gasteiger partial charge on any atom is -0.550 e. The van der Waals surface area contributed by atoms with E-state index in [2.05, 4.69) is 4.74 Å². The molecule has 5 heteroatoms. The van der Waals surface area contributed by atoms with E-state index in [-0.39, 0.29) is 11.7 Å². The van der Waals surface area contributed by atoms with Crippen molar-refractivity contribution in [2.45, 2.75) is 40.2 Å². The molecule has 0 N–H and O–H groups in total. The minimum atomic E-state index is -1.11. The molecule has 2 unspecified atom stereocenters. The van der Waals surface area contributed by atoms with Crippen LogP contribution in [0.4, 0.5) is 0 Å². The van der Waals surface area contributed by atoms with Gasteiger partial charge in [-0.1, -0.05) is 13.8 Å². The third-order valence-corrected chi connectivity index (χ3v) is 3.30. The lowest BCUT2D eigenvalue weighted by molar-refractivity contribution is -0.309. The standard InChI is InChI=1S/C14H22O5/c1-13(2,3)19-9(12(17)18-6)7-8-10(11(15)16)14(8,4)5/h7-8,10H,1-6H3,(H,15,16)/p-1. The van der Waals surface area contributed by atoms with Gasteiger partial charge in [-0.15, -0.1) is 0 Å². The van der Waals surface area contributed by atoms with Crippen LogP contribution < -0.4 is 5.11 Å². The summed E-state index contributed by atoms with van der Waals surface area (Å²) < 4.78 is 10.2. The molecule has 0 saturated heterocycles. The second-order valence-electron chi connectivity index (χ2n) is 6.38. The average molecular weight is 269 g/mol. The second kappa shape index (κ2) is 4.87. The molecule has 1 aliphatic rings. The van der Waals surface area contributed by atoms with Crippen LogP contribution in [0.15, 0.2) is 11.8 Å². The first-order valence-electron chi connectivity index (χ1n) is 6.20. The minimum absolute atomic E-state index is 0.0526. The van der Waals surface area contributed by atoms with Crippen molar-refractivity contribution in [3.8, 4) is 0 Å². The first-order chi connectivity index (χ1) is 8.50. The number of methoxy groups -OCH3 is 1. The molecule has 0 heterocycles. The van der Waals surface area contributed by atoms with Gasteiger partial charge in [0.25, 0.3) is 0 Å². The number of hydrogen-bond acceptors (Lipinski definition) is 5. The maximum atomic E-state index is 11.7. The van der Waals surface area contributed by atoms with Crippen LogP contribution in [0.25, 0.3) is 0 Å². The molecule has 1 fully saturated rings. The molecule has 0 bridgehead atoms. The lowest BCUT2D eigenvalue weighted by Crippen LogP contribution is -2.26. The molecule has 0 aromatic heterocycles. The first kappa shape index (κ1) is 15.5. The summed E-state index contributed by atoms with van der Waals surface area (Å²) in [5, 5.41) is 11.0. The summed E-state index contributed by atoms with van der Waals surface area (Å²) in [4.78, 5) is 22.7. The average Bonchev–Trinajstić information content (AvgIpc) is 2.76. The molecular formula is C14H21O5-. The van der Waals surface area contributed by atoms with Crippen molar-refractivity contribution in [2.75, 3.05) is 7.11 Å². The van der Waals surface area contributed by atoms with Gasteiger partial charge in [-0.2, -0.15) is 0 Å². The largest absolute Gasteiger partial charge is 0.550 e. The summed E-state index contributed by atoms with van der Waals surface area (Å²) >= 11 is 0. The molecule has 108 valence electrons. The van der Waals surface area contributed by atoms with E-state index in [4.69, 9.17) is 4.74 Å². The Balaban J connectivity index is 2.97. The SMILES string of the molecule is COC(=O)C(=CC1C(C(=O)[O-])C1(C)C)OC(C)(C)C. The summed E-state index contributed by atoms with van der Waals surface area (Å²) in [5.74, 6) is -2.54. The molecule has 0 aromatic rings. The van der Waals surface area contributed by atoms with Gasteiger partial charge in [-0.05, 0) is 38.2 Å². The van der Waals surface area contributed by atoms with E-state index in [9.17, 15) is 14.7 Å². The van der Waals surface area contributed by atoms with Gasteiger partial charge in [-0.25, -0.2) is 4.79 Å². The Labute approximate surface area is 113 Å². The maximum Gasteiger partial charge on any atom is 0.373 e. The number of carbonyl (C=O) groups excluding carboxylic acids is 2. The van der Waals surface area contributed by atoms with E-state index in [1.54, 1.807) is 20.8 Å². The Bertz CT molecular complexity index is 414.